The summed E-state index contributed by atoms with van der Waals surface area (Å²) in [6.07, 6.45) is 0. The van der Waals surface area contributed by atoms with Crippen molar-refractivity contribution in [2.75, 3.05) is 24.3 Å². The lowest BCUT2D eigenvalue weighted by molar-refractivity contribution is 0.0992. The second-order valence-corrected chi connectivity index (χ2v) is 5.90. The van der Waals surface area contributed by atoms with Crippen LogP contribution in [0, 0.1) is 5.82 Å². The molecule has 0 aliphatic rings. The molecule has 0 aliphatic heterocycles. The van der Waals surface area contributed by atoms with E-state index in [2.05, 4.69) is 5.32 Å². The summed E-state index contributed by atoms with van der Waals surface area (Å²) >= 11 is 0. The first-order valence-corrected chi connectivity index (χ1v) is 8.07. The van der Waals surface area contributed by atoms with Gasteiger partial charge in [0.15, 0.2) is 5.76 Å². The van der Waals surface area contributed by atoms with Crippen molar-refractivity contribution < 1.29 is 18.3 Å². The molecule has 26 heavy (non-hydrogen) atoms. The van der Waals surface area contributed by atoms with Gasteiger partial charge in [-0.15, -0.1) is 0 Å². The van der Waals surface area contributed by atoms with Gasteiger partial charge in [-0.3, -0.25) is 4.79 Å². The Bertz CT molecular complexity index is 871. The third kappa shape index (κ3) is 4.42. The molecule has 0 saturated heterocycles. The van der Waals surface area contributed by atoms with Crippen molar-refractivity contribution in [3.63, 3.8) is 0 Å². The molecule has 0 unspecified atom stereocenters. The van der Waals surface area contributed by atoms with Crippen molar-refractivity contribution in [1.82, 2.24) is 0 Å². The predicted molar refractivity (Wildman–Crippen MR) is 98.2 cm³/mol. The Balaban J connectivity index is 1.58. The number of nitrogens with zero attached hydrogens (tertiary/aromatic N) is 1. The summed E-state index contributed by atoms with van der Waals surface area (Å²) in [5.74, 6) is 0.556. The van der Waals surface area contributed by atoms with E-state index in [-0.39, 0.29) is 24.1 Å². The maximum absolute atomic E-state index is 12.9. The molecule has 0 saturated carbocycles. The fourth-order valence-corrected chi connectivity index (χ4v) is 2.30. The van der Waals surface area contributed by atoms with Gasteiger partial charge in [-0.2, -0.15) is 0 Å². The van der Waals surface area contributed by atoms with E-state index in [9.17, 15) is 9.18 Å². The first kappa shape index (κ1) is 17.5. The molecule has 0 bridgehead atoms. The molecule has 3 aromatic rings. The smallest absolute Gasteiger partial charge is 0.291 e. The number of amides is 1. The van der Waals surface area contributed by atoms with Crippen molar-refractivity contribution in [2.45, 2.75) is 6.61 Å². The topological polar surface area (TPSA) is 54.7 Å². The molecule has 5 nitrogen and oxygen atoms in total. The van der Waals surface area contributed by atoms with Gasteiger partial charge >= 0.3 is 0 Å². The van der Waals surface area contributed by atoms with Gasteiger partial charge in [-0.1, -0.05) is 0 Å². The first-order chi connectivity index (χ1) is 12.5. The van der Waals surface area contributed by atoms with Crippen molar-refractivity contribution in [1.29, 1.82) is 0 Å². The fourth-order valence-electron chi connectivity index (χ4n) is 2.30. The van der Waals surface area contributed by atoms with Crippen molar-refractivity contribution >= 4 is 17.3 Å². The SMILES string of the molecule is CN(C)c1ccc(NC(=O)c2ccc(COc3ccc(F)cc3)o2)cc1. The Morgan fingerprint density at radius 2 is 1.73 bits per heavy atom. The van der Waals surface area contributed by atoms with Crippen LogP contribution in [0.15, 0.2) is 65.1 Å². The van der Waals surface area contributed by atoms with Gasteiger partial charge < -0.3 is 19.4 Å². The molecule has 1 aromatic heterocycles. The minimum Gasteiger partial charge on any atom is -0.486 e. The molecular weight excluding hydrogens is 335 g/mol. The Labute approximate surface area is 151 Å². The van der Waals surface area contributed by atoms with Crippen LogP contribution in [-0.4, -0.2) is 20.0 Å². The van der Waals surface area contributed by atoms with Crippen LogP contribution in [0.5, 0.6) is 5.75 Å². The van der Waals surface area contributed by atoms with Crippen LogP contribution in [0.1, 0.15) is 16.3 Å². The van der Waals surface area contributed by atoms with Gasteiger partial charge in [0.2, 0.25) is 0 Å². The standard InChI is InChI=1S/C20H19FN2O3/c1-23(2)16-7-5-15(6-8-16)22-20(24)19-12-11-18(26-19)13-25-17-9-3-14(21)4-10-17/h3-12H,13H2,1-2H3,(H,22,24). The van der Waals surface area contributed by atoms with E-state index in [0.29, 0.717) is 17.2 Å². The van der Waals surface area contributed by atoms with E-state index in [4.69, 9.17) is 9.15 Å². The quantitative estimate of drug-likeness (QED) is 0.716. The van der Waals surface area contributed by atoms with Gasteiger partial charge in [-0.05, 0) is 60.7 Å². The molecule has 3 rings (SSSR count). The Hall–Kier alpha value is -3.28. The summed E-state index contributed by atoms with van der Waals surface area (Å²) in [4.78, 5) is 14.2. The average molecular weight is 354 g/mol. The van der Waals surface area contributed by atoms with E-state index in [1.165, 1.54) is 24.3 Å². The Morgan fingerprint density at radius 1 is 1.04 bits per heavy atom. The van der Waals surface area contributed by atoms with Crippen molar-refractivity contribution in [3.8, 4) is 5.75 Å². The molecule has 1 N–H and O–H groups in total. The Morgan fingerprint density at radius 3 is 2.38 bits per heavy atom. The van der Waals surface area contributed by atoms with Crippen LogP contribution in [-0.2, 0) is 6.61 Å². The highest BCUT2D eigenvalue weighted by Crippen LogP contribution is 2.18. The van der Waals surface area contributed by atoms with Gasteiger partial charge in [0.25, 0.3) is 5.91 Å². The maximum Gasteiger partial charge on any atom is 0.291 e. The number of halogens is 1. The van der Waals surface area contributed by atoms with Gasteiger partial charge in [0.1, 0.15) is 23.9 Å². The largest absolute Gasteiger partial charge is 0.486 e. The summed E-state index contributed by atoms with van der Waals surface area (Å²) in [7, 11) is 3.90. The lowest BCUT2D eigenvalue weighted by atomic mass is 10.2. The molecular formula is C20H19FN2O3. The van der Waals surface area contributed by atoms with Crippen LogP contribution in [0.4, 0.5) is 15.8 Å². The van der Waals surface area contributed by atoms with Crippen molar-refractivity contribution in [3.05, 3.63) is 78.0 Å². The number of hydrogen-bond acceptors (Lipinski definition) is 4. The third-order valence-electron chi connectivity index (χ3n) is 3.72. The van der Waals surface area contributed by atoms with Crippen LogP contribution in [0.3, 0.4) is 0 Å². The summed E-state index contributed by atoms with van der Waals surface area (Å²) in [5, 5.41) is 2.78. The number of furan rings is 1. The van der Waals surface area contributed by atoms with E-state index < -0.39 is 0 Å². The number of carbonyl (C=O) groups is 1. The van der Waals surface area contributed by atoms with E-state index in [1.54, 1.807) is 12.1 Å². The molecule has 1 heterocycles. The van der Waals surface area contributed by atoms with Gasteiger partial charge in [0.05, 0.1) is 0 Å². The zero-order valence-corrected chi connectivity index (χ0v) is 14.5. The lowest BCUT2D eigenvalue weighted by Gasteiger charge is -2.12. The molecule has 1 amide bonds. The Kier molecular flexibility index (Phi) is 5.22. The highest BCUT2D eigenvalue weighted by atomic mass is 19.1. The van der Waals surface area contributed by atoms with E-state index in [0.717, 1.165) is 5.69 Å². The minimum atomic E-state index is -0.337. The third-order valence-corrected chi connectivity index (χ3v) is 3.72. The zero-order chi connectivity index (χ0) is 18.5. The fraction of sp³-hybridized carbons (Fsp3) is 0.150. The van der Waals surface area contributed by atoms with Crippen LogP contribution in [0.2, 0.25) is 0 Å². The van der Waals surface area contributed by atoms with Crippen molar-refractivity contribution in [2.24, 2.45) is 0 Å². The maximum atomic E-state index is 12.9. The molecule has 6 heteroatoms. The number of anilines is 2. The second-order valence-electron chi connectivity index (χ2n) is 5.90. The zero-order valence-electron chi connectivity index (χ0n) is 14.5. The number of nitrogens with one attached hydrogen (secondary N) is 1. The normalized spacial score (nSPS) is 10.4. The van der Waals surface area contributed by atoms with E-state index >= 15 is 0 Å². The first-order valence-electron chi connectivity index (χ1n) is 8.07. The second kappa shape index (κ2) is 7.74. The minimum absolute atomic E-state index is 0.149. The van der Waals surface area contributed by atoms with Crippen LogP contribution < -0.4 is 15.0 Å². The number of rotatable bonds is 6. The average Bonchev–Trinajstić information content (AvgIpc) is 3.11. The summed E-state index contributed by atoms with van der Waals surface area (Å²) < 4.78 is 23.9. The number of benzene rings is 2. The van der Waals surface area contributed by atoms with Gasteiger partial charge in [0, 0.05) is 25.5 Å². The highest BCUT2D eigenvalue weighted by molar-refractivity contribution is 6.02. The molecule has 0 aliphatic carbocycles. The monoisotopic (exact) mass is 354 g/mol. The number of ether oxygens (including phenoxy) is 1. The number of hydrogen-bond donors (Lipinski definition) is 1. The molecule has 134 valence electrons. The summed E-state index contributed by atoms with van der Waals surface area (Å²) in [5.41, 5.74) is 1.72. The molecule has 0 radical (unpaired) electrons. The summed E-state index contributed by atoms with van der Waals surface area (Å²) in [6.45, 7) is 0.149. The van der Waals surface area contributed by atoms with Crippen LogP contribution in [0.25, 0.3) is 0 Å². The lowest BCUT2D eigenvalue weighted by Crippen LogP contribution is -2.12. The van der Waals surface area contributed by atoms with Crippen LogP contribution >= 0.6 is 0 Å². The van der Waals surface area contributed by atoms with E-state index in [1.807, 2.05) is 43.3 Å². The molecule has 0 atom stereocenters. The molecule has 2 aromatic carbocycles. The highest BCUT2D eigenvalue weighted by Gasteiger charge is 2.12. The summed E-state index contributed by atoms with van der Waals surface area (Å²) in [6, 6.07) is 16.5. The predicted octanol–water partition coefficient (Wildman–Crippen LogP) is 4.32. The van der Waals surface area contributed by atoms with Gasteiger partial charge in [-0.25, -0.2) is 4.39 Å². The molecule has 0 fully saturated rings. The number of carbonyl (C=O) groups excluding carboxylic acids is 1. The molecule has 0 spiro atoms.